The average Bonchev–Trinajstić information content (AvgIpc) is 1.30. The van der Waals surface area contributed by atoms with E-state index in [4.69, 9.17) is 0 Å². The molecular weight excluding hydrogens is 260 g/mol. The molecule has 0 aromatic carbocycles. The van der Waals surface area contributed by atoms with E-state index in [1.54, 1.807) is 0 Å². The van der Waals surface area contributed by atoms with Crippen LogP contribution >= 0.6 is 8.25 Å². The summed E-state index contributed by atoms with van der Waals surface area (Å²) in [4.78, 5) is 0. The van der Waals surface area contributed by atoms with E-state index in [1.165, 1.54) is 0 Å². The van der Waals surface area contributed by atoms with Crippen molar-refractivity contribution in [3.8, 4) is 0 Å². The maximum atomic E-state index is 9.60. The van der Waals surface area contributed by atoms with Gasteiger partial charge in [-0.15, -0.1) is 0 Å². The van der Waals surface area contributed by atoms with E-state index in [0.717, 1.165) is 0 Å². The molecule has 0 aromatic rings. The second-order valence-electron chi connectivity index (χ2n) is 0.600. The molecule has 0 aromatic heterocycles. The summed E-state index contributed by atoms with van der Waals surface area (Å²) in [7, 11) is -1.67. The van der Waals surface area contributed by atoms with Crippen LogP contribution in [0.3, 0.4) is 0 Å². The van der Waals surface area contributed by atoms with Crippen LogP contribution in [-0.2, 0) is 13.6 Å². The molecule has 0 amide bonds. The molecule has 0 N–H and O–H groups in total. The maximum absolute atomic E-state index is 9.60. The normalized spacial score (nSPS) is 18.3. The quantitative estimate of drug-likeness (QED) is 0.601. The molecule has 1 rings (SSSR count). The smallest absolute Gasteiger partial charge is 0.0850 e. The van der Waals surface area contributed by atoms with Crippen LogP contribution in [0.15, 0.2) is 0 Å². The molecule has 5 heteroatoms. The molecule has 1 radical (unpaired) electrons. The molecule has 0 bridgehead atoms. The molecule has 1 aliphatic heterocycles. The van der Waals surface area contributed by atoms with Gasteiger partial charge in [-0.2, -0.15) is 0 Å². The van der Waals surface area contributed by atoms with Gasteiger partial charge in [0.05, 0.1) is 0 Å². The average molecular weight is 262 g/mol. The summed E-state index contributed by atoms with van der Waals surface area (Å²) in [5, 5.41) is 0. The van der Waals surface area contributed by atoms with Crippen LogP contribution in [0.4, 0.5) is 0 Å². The van der Waals surface area contributed by atoms with Gasteiger partial charge in [-0.05, 0) is 0 Å². The van der Waals surface area contributed by atoms with E-state index in [0.29, 0.717) is 0 Å². The summed E-state index contributed by atoms with van der Waals surface area (Å²) in [5.41, 5.74) is 0. The van der Waals surface area contributed by atoms with Crippen LogP contribution in [0.2, 0.25) is 0 Å². The Hall–Kier alpha value is 1.25. The molecule has 1 saturated heterocycles. The van der Waals surface area contributed by atoms with Gasteiger partial charge in [0, 0.05) is 41.4 Å². The van der Waals surface area contributed by atoms with E-state index >= 15 is 0 Å². The number of hydrogen-bond acceptors (Lipinski definition) is 3. The van der Waals surface area contributed by atoms with Gasteiger partial charge >= 0.3 is 8.25 Å². The monoisotopic (exact) mass is 262 g/mol. The zero-order valence-corrected chi connectivity index (χ0v) is 5.33. The minimum Gasteiger partial charge on any atom is -0.0850 e. The van der Waals surface area contributed by atoms with Crippen molar-refractivity contribution in [1.82, 2.24) is 0 Å². The third-order valence-corrected chi connectivity index (χ3v) is 0.949. The second-order valence-corrected chi connectivity index (χ2v) is 1.56. The van der Waals surface area contributed by atoms with E-state index in [9.17, 15) is 4.57 Å². The van der Waals surface area contributed by atoms with Gasteiger partial charge in [-0.3, -0.25) is 0 Å². The Morgan fingerprint density at radius 3 is 1.83 bits per heavy atom. The van der Waals surface area contributed by atoms with Gasteiger partial charge < -0.3 is 0 Å². The zero-order chi connectivity index (χ0) is 3.70. The first-order valence-electron chi connectivity index (χ1n) is 1.13. The van der Waals surface area contributed by atoms with Crippen molar-refractivity contribution in [2.24, 2.45) is 0 Å². The minimum atomic E-state index is -1.67. The SMILES string of the molecule is O=[P+]1OCO1.[Tm]. The van der Waals surface area contributed by atoms with Crippen LogP contribution in [0.1, 0.15) is 0 Å². The predicted molar refractivity (Wildman–Crippen MR) is 14.6 cm³/mol. The minimum absolute atomic E-state index is 0. The zero-order valence-electron chi connectivity index (χ0n) is 2.66. The summed E-state index contributed by atoms with van der Waals surface area (Å²) in [6.45, 7) is 0.204. The van der Waals surface area contributed by atoms with Crippen molar-refractivity contribution in [2.45, 2.75) is 0 Å². The van der Waals surface area contributed by atoms with Gasteiger partial charge in [0.1, 0.15) is 0 Å². The van der Waals surface area contributed by atoms with Crippen molar-refractivity contribution in [3.63, 3.8) is 0 Å². The molecule has 6 heavy (non-hydrogen) atoms. The molecule has 41 valence electrons. The summed E-state index contributed by atoms with van der Waals surface area (Å²) in [6.07, 6.45) is 0. The van der Waals surface area contributed by atoms with Crippen molar-refractivity contribution < 1.29 is 50.5 Å². The maximum Gasteiger partial charge on any atom is 0.702 e. The van der Waals surface area contributed by atoms with Gasteiger partial charge in [-0.1, -0.05) is 9.05 Å². The molecule has 0 spiro atoms. The van der Waals surface area contributed by atoms with E-state index in [1.807, 2.05) is 0 Å². The van der Waals surface area contributed by atoms with Crippen molar-refractivity contribution in [3.05, 3.63) is 0 Å². The van der Waals surface area contributed by atoms with Crippen molar-refractivity contribution in [1.29, 1.82) is 0 Å². The van der Waals surface area contributed by atoms with Crippen LogP contribution in [0.25, 0.3) is 0 Å². The molecule has 0 aliphatic carbocycles. The van der Waals surface area contributed by atoms with Gasteiger partial charge in [0.15, 0.2) is 0 Å². The molecule has 0 atom stereocenters. The molecular formula is CH2O3PTm+. The molecule has 0 unspecified atom stereocenters. The van der Waals surface area contributed by atoms with Crippen LogP contribution in [-0.4, -0.2) is 6.79 Å². The fraction of sp³-hybridized carbons (Fsp3) is 1.00. The van der Waals surface area contributed by atoms with Crippen LogP contribution < -0.4 is 0 Å². The van der Waals surface area contributed by atoms with Crippen molar-refractivity contribution in [2.75, 3.05) is 6.79 Å². The van der Waals surface area contributed by atoms with Gasteiger partial charge in [0.2, 0.25) is 0 Å². The predicted octanol–water partition coefficient (Wildman–Crippen LogP) is 0.648. The third-order valence-electron chi connectivity index (χ3n) is 0.316. The first kappa shape index (κ1) is 7.25. The Kier molecular flexibility index (Phi) is 3.97. The molecule has 1 fully saturated rings. The summed E-state index contributed by atoms with van der Waals surface area (Å²) in [6, 6.07) is 0. The Balaban J connectivity index is 0.000000250. The second kappa shape index (κ2) is 3.28. The first-order valence-corrected chi connectivity index (χ1v) is 2.22. The summed E-state index contributed by atoms with van der Waals surface area (Å²) in [5.74, 6) is 0. The van der Waals surface area contributed by atoms with E-state index in [-0.39, 0.29) is 43.7 Å². The molecule has 1 aliphatic rings. The third kappa shape index (κ3) is 1.81. The molecule has 0 saturated carbocycles. The van der Waals surface area contributed by atoms with Gasteiger partial charge in [0.25, 0.3) is 6.79 Å². The number of hydrogen-bond donors (Lipinski definition) is 0. The summed E-state index contributed by atoms with van der Waals surface area (Å²) < 4.78 is 18.0. The van der Waals surface area contributed by atoms with Crippen molar-refractivity contribution >= 4 is 8.25 Å². The van der Waals surface area contributed by atoms with Crippen LogP contribution in [0, 0.1) is 36.9 Å². The Morgan fingerprint density at radius 2 is 1.83 bits per heavy atom. The fourth-order valence-electron chi connectivity index (χ4n) is 0.0957. The summed E-state index contributed by atoms with van der Waals surface area (Å²) >= 11 is 0. The largest absolute Gasteiger partial charge is 0.702 e. The molecule has 1 heterocycles. The Bertz CT molecular complexity index is 57.8. The number of rotatable bonds is 0. The first-order chi connectivity index (χ1) is 2.39. The Labute approximate surface area is 65.1 Å². The molecule has 3 nitrogen and oxygen atoms in total. The standard InChI is InChI=1S/CH2O3P.Tm/c2-5-3-1-4-5;/h1H2;/q+1;. The topological polar surface area (TPSA) is 35.5 Å². The van der Waals surface area contributed by atoms with Crippen LogP contribution in [0.5, 0.6) is 0 Å². The fourth-order valence-corrected chi connectivity index (χ4v) is 0.287. The van der Waals surface area contributed by atoms with E-state index in [2.05, 4.69) is 9.05 Å². The Morgan fingerprint density at radius 1 is 1.50 bits per heavy atom. The van der Waals surface area contributed by atoms with Gasteiger partial charge in [-0.25, -0.2) is 0 Å². The van der Waals surface area contributed by atoms with E-state index < -0.39 is 8.25 Å².